The van der Waals surface area contributed by atoms with Crippen molar-refractivity contribution < 1.29 is 0 Å². The zero-order valence-electron chi connectivity index (χ0n) is 14.9. The first-order valence-electron chi connectivity index (χ1n) is 8.65. The second kappa shape index (κ2) is 6.95. The van der Waals surface area contributed by atoms with Gasteiger partial charge in [0, 0.05) is 45.4 Å². The second-order valence-electron chi connectivity index (χ2n) is 6.69. The molecule has 0 fully saturated rings. The van der Waals surface area contributed by atoms with Crippen molar-refractivity contribution in [3.63, 3.8) is 0 Å². The van der Waals surface area contributed by atoms with Crippen LogP contribution in [0.3, 0.4) is 0 Å². The molecule has 1 aromatic heterocycles. The molecular formula is C21H17Cl2N3O. The molecule has 2 heterocycles. The summed E-state index contributed by atoms with van der Waals surface area (Å²) in [6.07, 6.45) is 0. The molecule has 0 saturated heterocycles. The van der Waals surface area contributed by atoms with Crippen LogP contribution in [-0.2, 0) is 0 Å². The third-order valence-corrected chi connectivity index (χ3v) is 5.10. The van der Waals surface area contributed by atoms with E-state index in [0.717, 1.165) is 22.5 Å². The van der Waals surface area contributed by atoms with Gasteiger partial charge in [0.2, 0.25) is 0 Å². The summed E-state index contributed by atoms with van der Waals surface area (Å²) in [6.45, 7) is 4.38. The van der Waals surface area contributed by atoms with Crippen LogP contribution >= 0.6 is 23.2 Å². The van der Waals surface area contributed by atoms with Crippen LogP contribution in [0, 0.1) is 6.92 Å². The Hall–Kier alpha value is -2.43. The SMILES string of the molecule is Cc1cc(=O)n2c(n1)C(C)C/N=C(/c1ccc(Cl)cc1)c1cc(Cl)ccc1-2. The van der Waals surface area contributed by atoms with Crippen molar-refractivity contribution in [2.24, 2.45) is 4.99 Å². The maximum atomic E-state index is 12.9. The molecule has 3 aromatic rings. The summed E-state index contributed by atoms with van der Waals surface area (Å²) < 4.78 is 1.67. The Balaban J connectivity index is 2.04. The summed E-state index contributed by atoms with van der Waals surface area (Å²) >= 11 is 12.3. The summed E-state index contributed by atoms with van der Waals surface area (Å²) in [6, 6.07) is 14.5. The van der Waals surface area contributed by atoms with E-state index in [9.17, 15) is 4.79 Å². The van der Waals surface area contributed by atoms with E-state index in [2.05, 4.69) is 4.98 Å². The molecule has 0 spiro atoms. The molecule has 136 valence electrons. The molecule has 6 heteroatoms. The second-order valence-corrected chi connectivity index (χ2v) is 7.56. The highest BCUT2D eigenvalue weighted by Gasteiger charge is 2.23. The lowest BCUT2D eigenvalue weighted by Gasteiger charge is -2.23. The molecule has 0 aliphatic carbocycles. The van der Waals surface area contributed by atoms with E-state index in [0.29, 0.717) is 28.1 Å². The van der Waals surface area contributed by atoms with E-state index in [1.807, 2.05) is 50.2 Å². The number of fused-ring (bicyclic) bond motifs is 3. The maximum absolute atomic E-state index is 12.9. The molecule has 1 unspecified atom stereocenters. The summed E-state index contributed by atoms with van der Waals surface area (Å²) in [5, 5.41) is 1.24. The van der Waals surface area contributed by atoms with Crippen molar-refractivity contribution >= 4 is 28.9 Å². The standard InChI is InChI=1S/C21H17Cl2N3O/c1-12-11-24-20(14-3-5-15(22)6-4-14)17-10-16(23)7-8-18(17)26-19(27)9-13(2)25-21(12)26/h3-10,12H,11H2,1-2H3/b24-20-. The van der Waals surface area contributed by atoms with Crippen LogP contribution in [0.2, 0.25) is 10.0 Å². The summed E-state index contributed by atoms with van der Waals surface area (Å²) in [4.78, 5) is 22.4. The van der Waals surface area contributed by atoms with Gasteiger partial charge in [-0.3, -0.25) is 14.4 Å². The van der Waals surface area contributed by atoms with Crippen LogP contribution in [-0.4, -0.2) is 21.8 Å². The van der Waals surface area contributed by atoms with Gasteiger partial charge < -0.3 is 0 Å². The van der Waals surface area contributed by atoms with Gasteiger partial charge in [0.05, 0.1) is 11.4 Å². The van der Waals surface area contributed by atoms with Gasteiger partial charge in [-0.15, -0.1) is 0 Å². The molecule has 0 N–H and O–H groups in total. The van der Waals surface area contributed by atoms with E-state index < -0.39 is 0 Å². The van der Waals surface area contributed by atoms with Gasteiger partial charge in [-0.2, -0.15) is 0 Å². The number of hydrogen-bond donors (Lipinski definition) is 0. The molecule has 2 aromatic carbocycles. The van der Waals surface area contributed by atoms with Gasteiger partial charge in [-0.25, -0.2) is 4.98 Å². The van der Waals surface area contributed by atoms with E-state index in [1.165, 1.54) is 0 Å². The first-order chi connectivity index (χ1) is 12.9. The van der Waals surface area contributed by atoms with Crippen molar-refractivity contribution in [3.05, 3.63) is 91.6 Å². The topological polar surface area (TPSA) is 47.2 Å². The number of hydrogen-bond acceptors (Lipinski definition) is 3. The zero-order valence-corrected chi connectivity index (χ0v) is 16.4. The molecule has 4 nitrogen and oxygen atoms in total. The highest BCUT2D eigenvalue weighted by atomic mass is 35.5. The quantitative estimate of drug-likeness (QED) is 0.591. The maximum Gasteiger partial charge on any atom is 0.258 e. The van der Waals surface area contributed by atoms with Gasteiger partial charge in [0.25, 0.3) is 5.56 Å². The van der Waals surface area contributed by atoms with Gasteiger partial charge in [0.1, 0.15) is 5.82 Å². The lowest BCUT2D eigenvalue weighted by atomic mass is 9.98. The zero-order chi connectivity index (χ0) is 19.1. The largest absolute Gasteiger partial charge is 0.283 e. The van der Waals surface area contributed by atoms with Crippen molar-refractivity contribution in [2.75, 3.05) is 6.54 Å². The first kappa shape index (κ1) is 18.0. The number of rotatable bonds is 1. The number of halogens is 2. The van der Waals surface area contributed by atoms with Crippen LogP contribution in [0.5, 0.6) is 0 Å². The summed E-state index contributed by atoms with van der Waals surface area (Å²) in [5.41, 5.74) is 3.83. The Morgan fingerprint density at radius 2 is 1.74 bits per heavy atom. The molecule has 0 bridgehead atoms. The van der Waals surface area contributed by atoms with E-state index in [4.69, 9.17) is 28.2 Å². The van der Waals surface area contributed by atoms with E-state index >= 15 is 0 Å². The lowest BCUT2D eigenvalue weighted by molar-refractivity contribution is 0.660. The Labute approximate surface area is 167 Å². The van der Waals surface area contributed by atoms with E-state index in [-0.39, 0.29) is 11.5 Å². The number of aryl methyl sites for hydroxylation is 1. The lowest BCUT2D eigenvalue weighted by Crippen LogP contribution is -2.29. The normalized spacial score (nSPS) is 17.9. The number of benzene rings is 2. The fourth-order valence-corrected chi connectivity index (χ4v) is 3.63. The molecule has 4 rings (SSSR count). The molecule has 1 atom stereocenters. The van der Waals surface area contributed by atoms with Gasteiger partial charge in [0.15, 0.2) is 0 Å². The minimum atomic E-state index is -0.106. The van der Waals surface area contributed by atoms with Crippen LogP contribution in [0.15, 0.2) is 58.3 Å². The average molecular weight is 398 g/mol. The molecule has 27 heavy (non-hydrogen) atoms. The summed E-state index contributed by atoms with van der Waals surface area (Å²) in [7, 11) is 0. The molecule has 0 radical (unpaired) electrons. The third kappa shape index (κ3) is 3.31. The molecule has 1 aliphatic heterocycles. The van der Waals surface area contributed by atoms with Crippen molar-refractivity contribution in [1.82, 2.24) is 9.55 Å². The first-order valence-corrected chi connectivity index (χ1v) is 9.41. The molecular weight excluding hydrogens is 381 g/mol. The van der Waals surface area contributed by atoms with Crippen LogP contribution in [0.1, 0.15) is 35.5 Å². The van der Waals surface area contributed by atoms with Crippen molar-refractivity contribution in [2.45, 2.75) is 19.8 Å². The fraction of sp³-hybridized carbons (Fsp3) is 0.190. The van der Waals surface area contributed by atoms with Crippen LogP contribution < -0.4 is 5.56 Å². The minimum Gasteiger partial charge on any atom is -0.283 e. The van der Waals surface area contributed by atoms with Crippen molar-refractivity contribution in [1.29, 1.82) is 0 Å². The average Bonchev–Trinajstić information content (AvgIpc) is 2.62. The monoisotopic (exact) mass is 397 g/mol. The Morgan fingerprint density at radius 1 is 1.04 bits per heavy atom. The summed E-state index contributed by atoms with van der Waals surface area (Å²) in [5.74, 6) is 0.700. The fourth-order valence-electron chi connectivity index (χ4n) is 3.33. The van der Waals surface area contributed by atoms with Gasteiger partial charge in [-0.05, 0) is 37.3 Å². The smallest absolute Gasteiger partial charge is 0.258 e. The predicted molar refractivity (Wildman–Crippen MR) is 110 cm³/mol. The van der Waals surface area contributed by atoms with Crippen LogP contribution in [0.25, 0.3) is 5.69 Å². The Bertz CT molecular complexity index is 1120. The minimum absolute atomic E-state index is 0.0104. The predicted octanol–water partition coefficient (Wildman–Crippen LogP) is 4.80. The van der Waals surface area contributed by atoms with Crippen molar-refractivity contribution in [3.8, 4) is 5.69 Å². The van der Waals surface area contributed by atoms with Crippen LogP contribution in [0.4, 0.5) is 0 Å². The molecule has 1 aliphatic rings. The Kier molecular flexibility index (Phi) is 4.62. The third-order valence-electron chi connectivity index (χ3n) is 4.61. The highest BCUT2D eigenvalue weighted by molar-refractivity contribution is 6.32. The number of aromatic nitrogens is 2. The van der Waals surface area contributed by atoms with Gasteiger partial charge >= 0.3 is 0 Å². The molecule has 0 amide bonds. The Morgan fingerprint density at radius 3 is 2.48 bits per heavy atom. The number of nitrogens with zero attached hydrogens (tertiary/aromatic N) is 3. The van der Waals surface area contributed by atoms with E-state index in [1.54, 1.807) is 16.7 Å². The highest BCUT2D eigenvalue weighted by Crippen LogP contribution is 2.28. The molecule has 0 saturated carbocycles. The number of aliphatic imine (C=N–C) groups is 1. The van der Waals surface area contributed by atoms with Gasteiger partial charge in [-0.1, -0.05) is 42.3 Å².